The monoisotopic (exact) mass is 491 g/mol. The van der Waals surface area contributed by atoms with Crippen molar-refractivity contribution in [3.63, 3.8) is 0 Å². The standard InChI is InChI=1S/C24H25N7O3S/c1-16-12-30(13-17(2)34-16)35(32,33)20-5-3-4-18(10-20)22(6-8-25)31-14-19(11-29-31)23-21-7-9-26-24(21)28-15-27-23/h3-5,7,9-11,14-17,22H,6,12-13H2,1-2H3,(H,26,27,28). The van der Waals surface area contributed by atoms with E-state index in [0.29, 0.717) is 18.7 Å². The number of aromatic nitrogens is 5. The van der Waals surface area contributed by atoms with E-state index in [0.717, 1.165) is 22.3 Å². The number of sulfonamides is 1. The summed E-state index contributed by atoms with van der Waals surface area (Å²) >= 11 is 0. The minimum atomic E-state index is -3.72. The van der Waals surface area contributed by atoms with E-state index < -0.39 is 16.1 Å². The van der Waals surface area contributed by atoms with Crippen molar-refractivity contribution in [2.45, 2.75) is 43.4 Å². The van der Waals surface area contributed by atoms with Gasteiger partial charge in [-0.15, -0.1) is 0 Å². The van der Waals surface area contributed by atoms with Crippen LogP contribution < -0.4 is 0 Å². The van der Waals surface area contributed by atoms with Crippen molar-refractivity contribution in [1.29, 1.82) is 5.26 Å². The Morgan fingerprint density at radius 3 is 2.80 bits per heavy atom. The minimum absolute atomic E-state index is 0.125. The lowest BCUT2D eigenvalue weighted by atomic mass is 10.0. The number of ether oxygens (including phenoxy) is 1. The number of aromatic amines is 1. The summed E-state index contributed by atoms with van der Waals surface area (Å²) in [7, 11) is -3.72. The van der Waals surface area contributed by atoms with Gasteiger partial charge >= 0.3 is 0 Å². The molecule has 4 aromatic rings. The Balaban J connectivity index is 1.49. The van der Waals surface area contributed by atoms with Gasteiger partial charge in [0.2, 0.25) is 10.0 Å². The quantitative estimate of drug-likeness (QED) is 0.438. The van der Waals surface area contributed by atoms with Gasteiger partial charge in [0.25, 0.3) is 0 Å². The van der Waals surface area contributed by atoms with Crippen LogP contribution in [-0.4, -0.2) is 62.8 Å². The number of fused-ring (bicyclic) bond motifs is 1. The Kier molecular flexibility index (Phi) is 6.10. The number of nitrogens with zero attached hydrogens (tertiary/aromatic N) is 6. The molecule has 1 aliphatic rings. The van der Waals surface area contributed by atoms with Crippen LogP contribution in [0.15, 0.2) is 60.1 Å². The van der Waals surface area contributed by atoms with Crippen molar-refractivity contribution in [2.24, 2.45) is 0 Å². The number of rotatable bonds is 6. The van der Waals surface area contributed by atoms with Gasteiger partial charge in [0.15, 0.2) is 0 Å². The van der Waals surface area contributed by atoms with E-state index in [1.165, 1.54) is 10.6 Å². The van der Waals surface area contributed by atoms with Gasteiger partial charge in [-0.3, -0.25) is 4.68 Å². The van der Waals surface area contributed by atoms with Crippen molar-refractivity contribution >= 4 is 21.1 Å². The molecule has 1 N–H and O–H groups in total. The van der Waals surface area contributed by atoms with Crippen LogP contribution in [0.5, 0.6) is 0 Å². The van der Waals surface area contributed by atoms with E-state index in [1.807, 2.05) is 32.2 Å². The number of nitrogens with one attached hydrogen (secondary N) is 1. The average Bonchev–Trinajstić information content (AvgIpc) is 3.52. The summed E-state index contributed by atoms with van der Waals surface area (Å²) in [4.78, 5) is 11.9. The van der Waals surface area contributed by atoms with Crippen LogP contribution in [0, 0.1) is 11.3 Å². The average molecular weight is 492 g/mol. The van der Waals surface area contributed by atoms with Crippen LogP contribution in [0.1, 0.15) is 31.9 Å². The maximum absolute atomic E-state index is 13.4. The third-order valence-corrected chi connectivity index (χ3v) is 7.93. The third kappa shape index (κ3) is 4.43. The molecule has 0 amide bonds. The lowest BCUT2D eigenvalue weighted by molar-refractivity contribution is -0.0440. The second-order valence-corrected chi connectivity index (χ2v) is 10.6. The number of H-pyrrole nitrogens is 1. The van der Waals surface area contributed by atoms with Crippen molar-refractivity contribution in [3.05, 3.63) is 60.8 Å². The number of benzene rings is 1. The molecule has 1 fully saturated rings. The predicted octanol–water partition coefficient (Wildman–Crippen LogP) is 3.12. The molecule has 1 aromatic carbocycles. The van der Waals surface area contributed by atoms with Gasteiger partial charge in [-0.1, -0.05) is 12.1 Å². The van der Waals surface area contributed by atoms with Crippen molar-refractivity contribution < 1.29 is 13.2 Å². The predicted molar refractivity (Wildman–Crippen MR) is 129 cm³/mol. The minimum Gasteiger partial charge on any atom is -0.373 e. The Bertz CT molecular complexity index is 1490. The molecule has 10 nitrogen and oxygen atoms in total. The van der Waals surface area contributed by atoms with Crippen molar-refractivity contribution in [2.75, 3.05) is 13.1 Å². The Morgan fingerprint density at radius 1 is 1.23 bits per heavy atom. The highest BCUT2D eigenvalue weighted by molar-refractivity contribution is 7.89. The molecule has 5 rings (SSSR count). The number of hydrogen-bond donors (Lipinski definition) is 1. The van der Waals surface area contributed by atoms with Gasteiger partial charge in [-0.25, -0.2) is 18.4 Å². The highest BCUT2D eigenvalue weighted by atomic mass is 32.2. The largest absolute Gasteiger partial charge is 0.373 e. The zero-order chi connectivity index (χ0) is 24.6. The number of nitriles is 1. The number of morpholine rings is 1. The second-order valence-electron chi connectivity index (χ2n) is 8.70. The highest BCUT2D eigenvalue weighted by Crippen LogP contribution is 2.30. The highest BCUT2D eigenvalue weighted by Gasteiger charge is 2.32. The summed E-state index contributed by atoms with van der Waals surface area (Å²) in [5.74, 6) is 0. The molecule has 0 bridgehead atoms. The molecule has 0 saturated carbocycles. The van der Waals surface area contributed by atoms with E-state index in [4.69, 9.17) is 4.74 Å². The summed E-state index contributed by atoms with van der Waals surface area (Å²) in [6, 6.07) is 10.4. The first-order valence-corrected chi connectivity index (χ1v) is 12.8. The molecule has 180 valence electrons. The van der Waals surface area contributed by atoms with Crippen molar-refractivity contribution in [1.82, 2.24) is 29.0 Å². The van der Waals surface area contributed by atoms with Gasteiger partial charge in [0, 0.05) is 36.4 Å². The first kappa shape index (κ1) is 23.2. The fourth-order valence-electron chi connectivity index (χ4n) is 4.54. The van der Waals surface area contributed by atoms with Gasteiger partial charge in [0.05, 0.1) is 47.5 Å². The van der Waals surface area contributed by atoms with Crippen molar-refractivity contribution in [3.8, 4) is 17.3 Å². The zero-order valence-corrected chi connectivity index (χ0v) is 20.2. The topological polar surface area (TPSA) is 130 Å². The first-order valence-electron chi connectivity index (χ1n) is 11.3. The molecule has 35 heavy (non-hydrogen) atoms. The molecule has 1 aliphatic heterocycles. The fraction of sp³-hybridized carbons (Fsp3) is 0.333. The normalized spacial score (nSPS) is 20.0. The molecule has 3 atom stereocenters. The molecule has 0 aliphatic carbocycles. The van der Waals surface area contributed by atoms with Crippen LogP contribution in [0.3, 0.4) is 0 Å². The molecule has 11 heteroatoms. The third-order valence-electron chi connectivity index (χ3n) is 6.10. The summed E-state index contributed by atoms with van der Waals surface area (Å²) in [6.45, 7) is 4.33. The van der Waals surface area contributed by atoms with E-state index in [9.17, 15) is 13.7 Å². The van der Waals surface area contributed by atoms with E-state index in [2.05, 4.69) is 26.1 Å². The second kappa shape index (κ2) is 9.22. The van der Waals surface area contributed by atoms with Gasteiger partial charge in [-0.2, -0.15) is 14.7 Å². The molecule has 0 spiro atoms. The van der Waals surface area contributed by atoms with Crippen LogP contribution in [-0.2, 0) is 14.8 Å². The van der Waals surface area contributed by atoms with Crippen LogP contribution in [0.2, 0.25) is 0 Å². The van der Waals surface area contributed by atoms with Crippen LogP contribution in [0.4, 0.5) is 0 Å². The van der Waals surface area contributed by atoms with E-state index >= 15 is 0 Å². The molecule has 0 radical (unpaired) electrons. The maximum Gasteiger partial charge on any atom is 0.243 e. The summed E-state index contributed by atoms with van der Waals surface area (Å²) in [5.41, 5.74) is 2.91. The summed E-state index contributed by atoms with van der Waals surface area (Å²) < 4.78 is 35.6. The summed E-state index contributed by atoms with van der Waals surface area (Å²) in [5, 5.41) is 14.9. The molecule has 3 unspecified atom stereocenters. The Hall–Kier alpha value is -3.59. The van der Waals surface area contributed by atoms with Crippen LogP contribution >= 0.6 is 0 Å². The molecule has 1 saturated heterocycles. The van der Waals surface area contributed by atoms with E-state index in [1.54, 1.807) is 35.3 Å². The first-order chi connectivity index (χ1) is 16.9. The van der Waals surface area contributed by atoms with Gasteiger partial charge in [-0.05, 0) is 37.6 Å². The summed E-state index contributed by atoms with van der Waals surface area (Å²) in [6.07, 6.45) is 6.56. The number of hydrogen-bond acceptors (Lipinski definition) is 7. The van der Waals surface area contributed by atoms with E-state index in [-0.39, 0.29) is 23.5 Å². The fourth-order valence-corrected chi connectivity index (χ4v) is 6.19. The van der Waals surface area contributed by atoms with Gasteiger partial charge in [0.1, 0.15) is 12.0 Å². The molecule has 4 heterocycles. The lowest BCUT2D eigenvalue weighted by Gasteiger charge is -2.34. The van der Waals surface area contributed by atoms with Crippen LogP contribution in [0.25, 0.3) is 22.3 Å². The maximum atomic E-state index is 13.4. The Morgan fingerprint density at radius 2 is 2.03 bits per heavy atom. The zero-order valence-electron chi connectivity index (χ0n) is 19.4. The lowest BCUT2D eigenvalue weighted by Crippen LogP contribution is -2.48. The van der Waals surface area contributed by atoms with Gasteiger partial charge < -0.3 is 9.72 Å². The Labute approximate surface area is 203 Å². The molecule has 3 aromatic heterocycles. The molecular weight excluding hydrogens is 466 g/mol. The SMILES string of the molecule is CC1CN(S(=O)(=O)c2cccc(C(CC#N)n3cc(-c4ncnc5[nH]ccc45)cn3)c2)CC(C)O1. The molecular formula is C24H25N7O3S. The smallest absolute Gasteiger partial charge is 0.243 e.